The number of fused-ring (bicyclic) bond motifs is 1. The highest BCUT2D eigenvalue weighted by atomic mass is 16.5. The van der Waals surface area contributed by atoms with E-state index in [1.165, 1.54) is 16.7 Å². The second-order valence-corrected chi connectivity index (χ2v) is 6.75. The zero-order valence-electron chi connectivity index (χ0n) is 14.3. The van der Waals surface area contributed by atoms with Crippen molar-refractivity contribution in [1.29, 1.82) is 0 Å². The van der Waals surface area contributed by atoms with Crippen LogP contribution < -0.4 is 0 Å². The summed E-state index contributed by atoms with van der Waals surface area (Å²) in [5.41, 5.74) is 4.32. The lowest BCUT2D eigenvalue weighted by molar-refractivity contribution is -0.132. The molecule has 0 radical (unpaired) electrons. The molecule has 0 aromatic heterocycles. The number of carboxylic acid groups (broad SMARTS) is 1. The quantitative estimate of drug-likeness (QED) is 0.706. The largest absolute Gasteiger partial charge is 0.478 e. The molecule has 2 aliphatic rings. The molecule has 1 aliphatic carbocycles. The van der Waals surface area contributed by atoms with Crippen molar-refractivity contribution < 1.29 is 14.6 Å². The van der Waals surface area contributed by atoms with Crippen molar-refractivity contribution in [1.82, 2.24) is 0 Å². The Hall–Kier alpha value is -1.61. The van der Waals surface area contributed by atoms with Crippen LogP contribution in [0.2, 0.25) is 0 Å². The van der Waals surface area contributed by atoms with E-state index in [4.69, 9.17) is 4.74 Å². The van der Waals surface area contributed by atoms with Crippen molar-refractivity contribution >= 4 is 5.97 Å². The standard InChI is InChI=1S/C20H28O3/c1-14-6-4-8-17(20(21)22)9-5-7-15(2)12-19-18(11-10-14)16(3)13-23-19/h6,9,12,18-19H,3-5,7-8,10-11,13H2,1-2H3,(H,21,22)/b14-6+,15-12+,17-9-/t18-,19+/m1/s1. The molecule has 2 rings (SSSR count). The molecule has 3 heteroatoms. The van der Waals surface area contributed by atoms with E-state index >= 15 is 0 Å². The van der Waals surface area contributed by atoms with Gasteiger partial charge in [-0.25, -0.2) is 4.79 Å². The highest BCUT2D eigenvalue weighted by Crippen LogP contribution is 2.32. The maximum absolute atomic E-state index is 11.3. The summed E-state index contributed by atoms with van der Waals surface area (Å²) in [5.74, 6) is -0.387. The summed E-state index contributed by atoms with van der Waals surface area (Å²) >= 11 is 0. The third kappa shape index (κ3) is 5.21. The molecule has 0 unspecified atom stereocenters. The van der Waals surface area contributed by atoms with Crippen molar-refractivity contribution in [3.63, 3.8) is 0 Å². The first kappa shape index (κ1) is 17.7. The van der Waals surface area contributed by atoms with Crippen molar-refractivity contribution in [3.8, 4) is 0 Å². The number of hydrogen-bond acceptors (Lipinski definition) is 2. The Bertz CT molecular complexity index is 551. The average Bonchev–Trinajstić information content (AvgIpc) is 2.83. The fourth-order valence-corrected chi connectivity index (χ4v) is 3.28. The van der Waals surface area contributed by atoms with E-state index in [-0.39, 0.29) is 6.10 Å². The van der Waals surface area contributed by atoms with Crippen LogP contribution >= 0.6 is 0 Å². The summed E-state index contributed by atoms with van der Waals surface area (Å²) < 4.78 is 5.89. The fraction of sp³-hybridized carbons (Fsp3) is 0.550. The van der Waals surface area contributed by atoms with Crippen LogP contribution in [-0.2, 0) is 9.53 Å². The summed E-state index contributed by atoms with van der Waals surface area (Å²) in [6.07, 6.45) is 11.5. The third-order valence-corrected chi connectivity index (χ3v) is 4.79. The van der Waals surface area contributed by atoms with Gasteiger partial charge in [0, 0.05) is 11.5 Å². The third-order valence-electron chi connectivity index (χ3n) is 4.79. The van der Waals surface area contributed by atoms with Gasteiger partial charge in [0.25, 0.3) is 0 Å². The molecule has 0 bridgehead atoms. The van der Waals surface area contributed by atoms with Crippen molar-refractivity contribution in [2.24, 2.45) is 5.92 Å². The van der Waals surface area contributed by atoms with Crippen LogP contribution in [0, 0.1) is 5.92 Å². The lowest BCUT2D eigenvalue weighted by Gasteiger charge is -2.17. The van der Waals surface area contributed by atoms with Crippen molar-refractivity contribution in [2.75, 3.05) is 6.61 Å². The van der Waals surface area contributed by atoms with Gasteiger partial charge in [0.2, 0.25) is 0 Å². The monoisotopic (exact) mass is 316 g/mol. The molecule has 2 atom stereocenters. The van der Waals surface area contributed by atoms with Crippen LogP contribution in [0.3, 0.4) is 0 Å². The Morgan fingerprint density at radius 3 is 2.65 bits per heavy atom. The Morgan fingerprint density at radius 1 is 1.17 bits per heavy atom. The molecule has 0 aromatic rings. The molecule has 1 heterocycles. The summed E-state index contributed by atoms with van der Waals surface area (Å²) in [7, 11) is 0. The first-order valence-electron chi connectivity index (χ1n) is 8.52. The lowest BCUT2D eigenvalue weighted by Crippen LogP contribution is -2.14. The number of ether oxygens (including phenoxy) is 1. The molecule has 0 spiro atoms. The van der Waals surface area contributed by atoms with Crippen molar-refractivity contribution in [2.45, 2.75) is 58.5 Å². The first-order valence-corrected chi connectivity index (χ1v) is 8.52. The Kier molecular flexibility index (Phi) is 6.40. The van der Waals surface area contributed by atoms with Crippen LogP contribution in [0.25, 0.3) is 0 Å². The van der Waals surface area contributed by atoms with Crippen LogP contribution in [0.1, 0.15) is 52.4 Å². The van der Waals surface area contributed by atoms with Gasteiger partial charge in [-0.1, -0.05) is 36.0 Å². The van der Waals surface area contributed by atoms with Crippen LogP contribution in [0.15, 0.2) is 47.1 Å². The minimum atomic E-state index is -0.791. The molecular weight excluding hydrogens is 288 g/mol. The van der Waals surface area contributed by atoms with Gasteiger partial charge in [0.05, 0.1) is 12.7 Å². The van der Waals surface area contributed by atoms with E-state index in [0.717, 1.165) is 32.1 Å². The van der Waals surface area contributed by atoms with Gasteiger partial charge in [-0.2, -0.15) is 0 Å². The summed E-state index contributed by atoms with van der Waals surface area (Å²) in [6, 6.07) is 0. The summed E-state index contributed by atoms with van der Waals surface area (Å²) in [4.78, 5) is 11.3. The SMILES string of the molecule is C=C1CO[C@H]2/C=C(\C)CC/C=C(\C(=O)O)CC/C=C(\C)CC[C@H]12. The summed E-state index contributed by atoms with van der Waals surface area (Å²) in [5, 5.41) is 9.29. The van der Waals surface area contributed by atoms with Gasteiger partial charge in [0.1, 0.15) is 0 Å². The molecule has 0 amide bonds. The zero-order chi connectivity index (χ0) is 16.8. The Balaban J connectivity index is 2.18. The van der Waals surface area contributed by atoms with E-state index in [2.05, 4.69) is 32.6 Å². The van der Waals surface area contributed by atoms with Gasteiger partial charge in [0.15, 0.2) is 0 Å². The first-order chi connectivity index (χ1) is 11.0. The van der Waals surface area contributed by atoms with E-state index in [0.29, 0.717) is 24.5 Å². The number of rotatable bonds is 1. The molecule has 3 nitrogen and oxygen atoms in total. The molecular formula is C20H28O3. The number of hydrogen-bond donors (Lipinski definition) is 1. The smallest absolute Gasteiger partial charge is 0.331 e. The predicted molar refractivity (Wildman–Crippen MR) is 93.3 cm³/mol. The molecule has 0 saturated carbocycles. The maximum Gasteiger partial charge on any atom is 0.331 e. The van der Waals surface area contributed by atoms with E-state index in [9.17, 15) is 9.90 Å². The minimum absolute atomic E-state index is 0.126. The van der Waals surface area contributed by atoms with Gasteiger partial charge in [-0.05, 0) is 57.9 Å². The predicted octanol–water partition coefficient (Wildman–Crippen LogP) is 4.82. The Morgan fingerprint density at radius 2 is 1.91 bits per heavy atom. The average molecular weight is 316 g/mol. The summed E-state index contributed by atoms with van der Waals surface area (Å²) in [6.45, 7) is 9.06. The van der Waals surface area contributed by atoms with E-state index in [1.807, 2.05) is 6.08 Å². The number of allylic oxidation sites excluding steroid dienone is 4. The number of carboxylic acids is 1. The molecule has 1 aliphatic heterocycles. The topological polar surface area (TPSA) is 46.5 Å². The number of aliphatic carboxylic acids is 1. The Labute approximate surface area is 139 Å². The second kappa shape index (κ2) is 8.30. The van der Waals surface area contributed by atoms with E-state index in [1.54, 1.807) is 0 Å². The minimum Gasteiger partial charge on any atom is -0.478 e. The second-order valence-electron chi connectivity index (χ2n) is 6.75. The fourth-order valence-electron chi connectivity index (χ4n) is 3.28. The zero-order valence-corrected chi connectivity index (χ0v) is 14.3. The maximum atomic E-state index is 11.3. The molecule has 126 valence electrons. The van der Waals surface area contributed by atoms with Crippen molar-refractivity contribution in [3.05, 3.63) is 47.1 Å². The van der Waals surface area contributed by atoms with Gasteiger partial charge >= 0.3 is 5.97 Å². The molecule has 0 aromatic carbocycles. The van der Waals surface area contributed by atoms with Gasteiger partial charge < -0.3 is 9.84 Å². The molecule has 23 heavy (non-hydrogen) atoms. The van der Waals surface area contributed by atoms with Crippen LogP contribution in [-0.4, -0.2) is 23.8 Å². The van der Waals surface area contributed by atoms with Gasteiger partial charge in [-0.3, -0.25) is 0 Å². The van der Waals surface area contributed by atoms with E-state index < -0.39 is 5.97 Å². The number of carbonyl (C=O) groups is 1. The molecule has 1 fully saturated rings. The molecule has 1 N–H and O–H groups in total. The normalized spacial score (nSPS) is 34.2. The highest BCUT2D eigenvalue weighted by molar-refractivity contribution is 5.86. The molecule has 1 saturated heterocycles. The highest BCUT2D eigenvalue weighted by Gasteiger charge is 2.29. The van der Waals surface area contributed by atoms with Crippen LogP contribution in [0.4, 0.5) is 0 Å². The lowest BCUT2D eigenvalue weighted by atomic mass is 9.89. The van der Waals surface area contributed by atoms with Crippen LogP contribution in [0.5, 0.6) is 0 Å². The van der Waals surface area contributed by atoms with Gasteiger partial charge in [-0.15, -0.1) is 0 Å².